The smallest absolute Gasteiger partial charge is 0.321 e. The Morgan fingerprint density at radius 3 is 2.43 bits per heavy atom. The van der Waals surface area contributed by atoms with Crippen molar-refractivity contribution in [2.45, 2.75) is 25.8 Å². The number of carbonyl (C=O) groups is 2. The second-order valence-corrected chi connectivity index (χ2v) is 6.98. The first-order valence-corrected chi connectivity index (χ1v) is 9.20. The molecule has 1 N–H and O–H groups in total. The van der Waals surface area contributed by atoms with Gasteiger partial charge in [-0.15, -0.1) is 0 Å². The van der Waals surface area contributed by atoms with E-state index in [1.165, 1.54) is 30.3 Å². The van der Waals surface area contributed by atoms with E-state index in [0.717, 1.165) is 0 Å². The fourth-order valence-electron chi connectivity index (χ4n) is 3.43. The first kappa shape index (κ1) is 19.8. The zero-order chi connectivity index (χ0) is 20.3. The van der Waals surface area contributed by atoms with Crippen LogP contribution in [-0.2, 0) is 4.79 Å². The molecule has 0 saturated carbocycles. The summed E-state index contributed by atoms with van der Waals surface area (Å²) in [5, 5.41) is 2.70. The molecule has 28 heavy (non-hydrogen) atoms. The molecule has 2 aromatic rings. The molecule has 0 bridgehead atoms. The molecule has 1 saturated heterocycles. The number of nitrogens with zero attached hydrogens (tertiary/aromatic N) is 2. The fourth-order valence-corrected chi connectivity index (χ4v) is 3.43. The van der Waals surface area contributed by atoms with Crippen LogP contribution in [0.1, 0.15) is 19.8 Å². The van der Waals surface area contributed by atoms with Crippen LogP contribution in [0.5, 0.6) is 0 Å². The summed E-state index contributed by atoms with van der Waals surface area (Å²) in [6.07, 6.45) is 1.41. The summed E-state index contributed by atoms with van der Waals surface area (Å²) >= 11 is 0. The maximum atomic E-state index is 14.5. The fraction of sp³-hybridized carbons (Fsp3) is 0.333. The van der Waals surface area contributed by atoms with Crippen LogP contribution in [0, 0.1) is 11.6 Å². The Labute approximate surface area is 162 Å². The number of rotatable bonds is 3. The van der Waals surface area contributed by atoms with Crippen molar-refractivity contribution in [2.75, 3.05) is 25.5 Å². The summed E-state index contributed by atoms with van der Waals surface area (Å²) in [5.74, 6) is -0.938. The molecule has 1 fully saturated rings. The van der Waals surface area contributed by atoms with Crippen LogP contribution >= 0.6 is 0 Å². The lowest BCUT2D eigenvalue weighted by atomic mass is 10.0. The van der Waals surface area contributed by atoms with E-state index in [9.17, 15) is 18.4 Å². The molecule has 2 aromatic carbocycles. The number of urea groups is 1. The normalized spacial score (nSPS) is 14.6. The molecule has 0 spiro atoms. The highest BCUT2D eigenvalue weighted by molar-refractivity contribution is 5.89. The van der Waals surface area contributed by atoms with Crippen LogP contribution in [-0.4, -0.2) is 47.9 Å². The monoisotopic (exact) mass is 387 g/mol. The topological polar surface area (TPSA) is 52.7 Å². The van der Waals surface area contributed by atoms with Crippen molar-refractivity contribution in [1.29, 1.82) is 0 Å². The number of halogens is 2. The van der Waals surface area contributed by atoms with Crippen molar-refractivity contribution in [2.24, 2.45) is 0 Å². The molecule has 3 amide bonds. The van der Waals surface area contributed by atoms with Gasteiger partial charge in [0.1, 0.15) is 11.6 Å². The molecule has 0 aromatic heterocycles. The average Bonchev–Trinajstić information content (AvgIpc) is 2.67. The summed E-state index contributed by atoms with van der Waals surface area (Å²) < 4.78 is 27.8. The number of hydrogen-bond donors (Lipinski definition) is 1. The first-order chi connectivity index (χ1) is 13.3. The van der Waals surface area contributed by atoms with E-state index in [2.05, 4.69) is 5.32 Å². The van der Waals surface area contributed by atoms with Gasteiger partial charge in [0.2, 0.25) is 5.91 Å². The van der Waals surface area contributed by atoms with Gasteiger partial charge in [-0.05, 0) is 48.7 Å². The molecule has 1 aliphatic rings. The molecule has 7 heteroatoms. The van der Waals surface area contributed by atoms with Gasteiger partial charge in [0, 0.05) is 44.4 Å². The molecule has 3 rings (SSSR count). The van der Waals surface area contributed by atoms with Gasteiger partial charge in [0.15, 0.2) is 0 Å². The second kappa shape index (κ2) is 8.37. The summed E-state index contributed by atoms with van der Waals surface area (Å²) in [4.78, 5) is 27.3. The second-order valence-electron chi connectivity index (χ2n) is 6.98. The Kier molecular flexibility index (Phi) is 5.92. The third-order valence-electron chi connectivity index (χ3n) is 5.13. The van der Waals surface area contributed by atoms with Crippen LogP contribution in [0.3, 0.4) is 0 Å². The number of likely N-dealkylation sites (tertiary alicyclic amines) is 1. The molecule has 1 heterocycles. The highest BCUT2D eigenvalue weighted by atomic mass is 19.1. The van der Waals surface area contributed by atoms with E-state index in [1.54, 1.807) is 35.9 Å². The number of nitrogens with one attached hydrogen (secondary N) is 1. The lowest BCUT2D eigenvalue weighted by Gasteiger charge is -2.36. The molecule has 0 radical (unpaired) electrons. The number of anilines is 1. The Morgan fingerprint density at radius 1 is 1.11 bits per heavy atom. The molecule has 0 unspecified atom stereocenters. The predicted molar refractivity (Wildman–Crippen MR) is 104 cm³/mol. The summed E-state index contributed by atoms with van der Waals surface area (Å²) in [5.41, 5.74) is 1.03. The van der Waals surface area contributed by atoms with Gasteiger partial charge in [0.25, 0.3) is 0 Å². The number of piperidine rings is 1. The van der Waals surface area contributed by atoms with E-state index in [1.807, 2.05) is 0 Å². The summed E-state index contributed by atoms with van der Waals surface area (Å²) in [6, 6.07) is 9.73. The largest absolute Gasteiger partial charge is 0.343 e. The van der Waals surface area contributed by atoms with Crippen molar-refractivity contribution in [3.63, 3.8) is 0 Å². The third kappa shape index (κ3) is 4.47. The summed E-state index contributed by atoms with van der Waals surface area (Å²) in [6.45, 7) is 2.78. The Bertz CT molecular complexity index is 880. The standard InChI is InChI=1S/C21H23F2N3O2/c1-14(27)26-10-8-18(9-11-26)25(2)21(28)24-17-6-7-19(20(23)13-17)15-4-3-5-16(22)12-15/h3-7,12-13,18H,8-11H2,1-2H3,(H,24,28). The maximum absolute atomic E-state index is 14.5. The third-order valence-corrected chi connectivity index (χ3v) is 5.13. The average molecular weight is 387 g/mol. The minimum atomic E-state index is -0.541. The molecule has 148 valence electrons. The van der Waals surface area contributed by atoms with Gasteiger partial charge in [-0.2, -0.15) is 0 Å². The van der Waals surface area contributed by atoms with Crippen LogP contribution < -0.4 is 5.32 Å². The molecular weight excluding hydrogens is 364 g/mol. The van der Waals surface area contributed by atoms with E-state index >= 15 is 0 Å². The Hall–Kier alpha value is -2.96. The SMILES string of the molecule is CC(=O)N1CCC(N(C)C(=O)Nc2ccc(-c3cccc(F)c3)c(F)c2)CC1. The van der Waals surface area contributed by atoms with Crippen molar-refractivity contribution in [3.05, 3.63) is 54.1 Å². The first-order valence-electron chi connectivity index (χ1n) is 9.20. The van der Waals surface area contributed by atoms with Gasteiger partial charge in [0.05, 0.1) is 0 Å². The van der Waals surface area contributed by atoms with E-state index in [-0.39, 0.29) is 23.5 Å². The van der Waals surface area contributed by atoms with Gasteiger partial charge < -0.3 is 15.1 Å². The van der Waals surface area contributed by atoms with E-state index in [4.69, 9.17) is 0 Å². The quantitative estimate of drug-likeness (QED) is 0.862. The van der Waals surface area contributed by atoms with Crippen LogP contribution in [0.4, 0.5) is 19.3 Å². The maximum Gasteiger partial charge on any atom is 0.321 e. The van der Waals surface area contributed by atoms with E-state index in [0.29, 0.717) is 37.2 Å². The summed E-state index contributed by atoms with van der Waals surface area (Å²) in [7, 11) is 1.70. The Balaban J connectivity index is 1.64. The van der Waals surface area contributed by atoms with Crippen molar-refractivity contribution in [1.82, 2.24) is 9.80 Å². The van der Waals surface area contributed by atoms with Crippen molar-refractivity contribution >= 4 is 17.6 Å². The highest BCUT2D eigenvalue weighted by Gasteiger charge is 2.26. The molecular formula is C21H23F2N3O2. The van der Waals surface area contributed by atoms with Gasteiger partial charge in [-0.25, -0.2) is 13.6 Å². The zero-order valence-electron chi connectivity index (χ0n) is 15.9. The molecule has 5 nitrogen and oxygen atoms in total. The number of hydrogen-bond acceptors (Lipinski definition) is 2. The number of carbonyl (C=O) groups excluding carboxylic acids is 2. The molecule has 1 aliphatic heterocycles. The highest BCUT2D eigenvalue weighted by Crippen LogP contribution is 2.26. The van der Waals surface area contributed by atoms with Crippen molar-refractivity contribution < 1.29 is 18.4 Å². The van der Waals surface area contributed by atoms with E-state index < -0.39 is 11.6 Å². The van der Waals surface area contributed by atoms with Gasteiger partial charge in [-0.1, -0.05) is 12.1 Å². The Morgan fingerprint density at radius 2 is 1.82 bits per heavy atom. The number of amides is 3. The lowest BCUT2D eigenvalue weighted by molar-refractivity contribution is -0.130. The van der Waals surface area contributed by atoms with Gasteiger partial charge >= 0.3 is 6.03 Å². The van der Waals surface area contributed by atoms with Crippen molar-refractivity contribution in [3.8, 4) is 11.1 Å². The van der Waals surface area contributed by atoms with Crippen LogP contribution in [0.2, 0.25) is 0 Å². The number of benzene rings is 2. The lowest BCUT2D eigenvalue weighted by Crippen LogP contribution is -2.47. The minimum Gasteiger partial charge on any atom is -0.343 e. The van der Waals surface area contributed by atoms with Crippen LogP contribution in [0.15, 0.2) is 42.5 Å². The van der Waals surface area contributed by atoms with Gasteiger partial charge in [-0.3, -0.25) is 4.79 Å². The molecule has 0 aliphatic carbocycles. The predicted octanol–water partition coefficient (Wildman–Crippen LogP) is 4.11. The van der Waals surface area contributed by atoms with Crippen LogP contribution in [0.25, 0.3) is 11.1 Å². The minimum absolute atomic E-state index is 0.0204. The molecule has 0 atom stereocenters. The zero-order valence-corrected chi connectivity index (χ0v) is 15.9.